The van der Waals surface area contributed by atoms with Crippen molar-refractivity contribution in [3.63, 3.8) is 0 Å². The fourth-order valence-corrected chi connectivity index (χ4v) is 2.96. The minimum atomic E-state index is 0.197. The van der Waals surface area contributed by atoms with Crippen molar-refractivity contribution >= 4 is 5.91 Å². The van der Waals surface area contributed by atoms with E-state index in [1.165, 1.54) is 5.56 Å². The number of amides is 1. The minimum absolute atomic E-state index is 0.197. The number of benzene rings is 1. The molecule has 2 atom stereocenters. The van der Waals surface area contributed by atoms with Crippen LogP contribution in [0.3, 0.4) is 0 Å². The molecule has 4 heteroatoms. The molecular formula is C18H29N3O. The van der Waals surface area contributed by atoms with Gasteiger partial charge in [-0.15, -0.1) is 0 Å². The van der Waals surface area contributed by atoms with Crippen molar-refractivity contribution in [2.24, 2.45) is 0 Å². The molecular weight excluding hydrogens is 274 g/mol. The van der Waals surface area contributed by atoms with Gasteiger partial charge in [-0.3, -0.25) is 9.69 Å². The molecule has 0 aromatic heterocycles. The summed E-state index contributed by atoms with van der Waals surface area (Å²) in [6, 6.07) is 11.1. The zero-order valence-corrected chi connectivity index (χ0v) is 14.1. The zero-order chi connectivity index (χ0) is 15.9. The minimum Gasteiger partial charge on any atom is -0.340 e. The SMILES string of the molecule is CC(=O)N1CCN(CCNC(C)C(C)c2ccccc2)CC1. The highest BCUT2D eigenvalue weighted by Gasteiger charge is 2.18. The Morgan fingerprint density at radius 2 is 1.77 bits per heavy atom. The van der Waals surface area contributed by atoms with Gasteiger partial charge in [0.15, 0.2) is 0 Å². The third kappa shape index (κ3) is 4.82. The average Bonchev–Trinajstić information content (AvgIpc) is 2.55. The van der Waals surface area contributed by atoms with Crippen molar-refractivity contribution in [2.75, 3.05) is 39.3 Å². The predicted octanol–water partition coefficient (Wildman–Crippen LogP) is 1.93. The summed E-state index contributed by atoms with van der Waals surface area (Å²) in [5, 5.41) is 3.64. The highest BCUT2D eigenvalue weighted by molar-refractivity contribution is 5.73. The molecule has 1 heterocycles. The predicted molar refractivity (Wildman–Crippen MR) is 91.0 cm³/mol. The number of piperazine rings is 1. The van der Waals surface area contributed by atoms with E-state index in [1.807, 2.05) is 4.90 Å². The van der Waals surface area contributed by atoms with E-state index in [4.69, 9.17) is 0 Å². The second-order valence-electron chi connectivity index (χ2n) is 6.29. The first kappa shape index (κ1) is 17.0. The molecule has 1 fully saturated rings. The molecule has 0 aliphatic carbocycles. The number of hydrogen-bond acceptors (Lipinski definition) is 3. The summed E-state index contributed by atoms with van der Waals surface area (Å²) in [4.78, 5) is 15.7. The molecule has 4 nitrogen and oxygen atoms in total. The summed E-state index contributed by atoms with van der Waals surface area (Å²) in [5.41, 5.74) is 1.39. The highest BCUT2D eigenvalue weighted by Crippen LogP contribution is 2.18. The van der Waals surface area contributed by atoms with Crippen molar-refractivity contribution in [2.45, 2.75) is 32.7 Å². The van der Waals surface area contributed by atoms with Crippen LogP contribution in [0, 0.1) is 0 Å². The van der Waals surface area contributed by atoms with Crippen LogP contribution in [0.1, 0.15) is 32.3 Å². The molecule has 1 amide bonds. The topological polar surface area (TPSA) is 35.6 Å². The Kier molecular flexibility index (Phi) is 6.40. The molecule has 2 unspecified atom stereocenters. The molecule has 1 aromatic rings. The Morgan fingerprint density at radius 3 is 2.36 bits per heavy atom. The highest BCUT2D eigenvalue weighted by atomic mass is 16.2. The first-order chi connectivity index (χ1) is 10.6. The lowest BCUT2D eigenvalue weighted by atomic mass is 9.94. The molecule has 1 aromatic carbocycles. The van der Waals surface area contributed by atoms with E-state index in [2.05, 4.69) is 54.4 Å². The Morgan fingerprint density at radius 1 is 1.14 bits per heavy atom. The molecule has 1 aliphatic rings. The third-order valence-electron chi connectivity index (χ3n) is 4.79. The van der Waals surface area contributed by atoms with E-state index >= 15 is 0 Å². The maximum absolute atomic E-state index is 11.3. The third-order valence-corrected chi connectivity index (χ3v) is 4.79. The van der Waals surface area contributed by atoms with Crippen LogP contribution in [0.25, 0.3) is 0 Å². The Bertz CT molecular complexity index is 455. The van der Waals surface area contributed by atoms with Crippen LogP contribution in [0.15, 0.2) is 30.3 Å². The maximum atomic E-state index is 11.3. The molecule has 22 heavy (non-hydrogen) atoms. The smallest absolute Gasteiger partial charge is 0.219 e. The van der Waals surface area contributed by atoms with Gasteiger partial charge in [0.05, 0.1) is 0 Å². The van der Waals surface area contributed by atoms with Gasteiger partial charge in [-0.25, -0.2) is 0 Å². The van der Waals surface area contributed by atoms with E-state index < -0.39 is 0 Å². The van der Waals surface area contributed by atoms with Crippen molar-refractivity contribution < 1.29 is 4.79 Å². The quantitative estimate of drug-likeness (QED) is 0.872. The molecule has 0 saturated carbocycles. The number of nitrogens with one attached hydrogen (secondary N) is 1. The summed E-state index contributed by atoms with van der Waals surface area (Å²) < 4.78 is 0. The normalized spacial score (nSPS) is 19.0. The van der Waals surface area contributed by atoms with Gasteiger partial charge in [-0.05, 0) is 18.4 Å². The van der Waals surface area contributed by atoms with E-state index in [0.29, 0.717) is 12.0 Å². The van der Waals surface area contributed by atoms with Crippen LogP contribution in [-0.4, -0.2) is 61.0 Å². The van der Waals surface area contributed by atoms with E-state index in [1.54, 1.807) is 6.92 Å². The van der Waals surface area contributed by atoms with Crippen molar-refractivity contribution in [3.05, 3.63) is 35.9 Å². The van der Waals surface area contributed by atoms with Gasteiger partial charge in [0.2, 0.25) is 5.91 Å². The fourth-order valence-electron chi connectivity index (χ4n) is 2.96. The molecule has 1 N–H and O–H groups in total. The molecule has 2 rings (SSSR count). The largest absolute Gasteiger partial charge is 0.340 e. The Balaban J connectivity index is 1.67. The second-order valence-corrected chi connectivity index (χ2v) is 6.29. The van der Waals surface area contributed by atoms with Gasteiger partial charge in [0.25, 0.3) is 0 Å². The number of hydrogen-bond donors (Lipinski definition) is 1. The van der Waals surface area contributed by atoms with Crippen LogP contribution >= 0.6 is 0 Å². The lowest BCUT2D eigenvalue weighted by molar-refractivity contribution is -0.130. The molecule has 0 spiro atoms. The Hall–Kier alpha value is -1.39. The molecule has 0 bridgehead atoms. The van der Waals surface area contributed by atoms with Gasteiger partial charge in [-0.2, -0.15) is 0 Å². The summed E-state index contributed by atoms with van der Waals surface area (Å²) in [7, 11) is 0. The van der Waals surface area contributed by atoms with Crippen LogP contribution in [-0.2, 0) is 4.79 Å². The maximum Gasteiger partial charge on any atom is 0.219 e. The van der Waals surface area contributed by atoms with E-state index in [-0.39, 0.29) is 5.91 Å². The lowest BCUT2D eigenvalue weighted by Gasteiger charge is -2.34. The van der Waals surface area contributed by atoms with Crippen LogP contribution in [0.4, 0.5) is 0 Å². The van der Waals surface area contributed by atoms with Crippen LogP contribution < -0.4 is 5.32 Å². The first-order valence-corrected chi connectivity index (χ1v) is 8.34. The summed E-state index contributed by atoms with van der Waals surface area (Å²) in [6.45, 7) is 12.0. The number of carbonyl (C=O) groups is 1. The molecule has 122 valence electrons. The second kappa shape index (κ2) is 8.30. The molecule has 1 aliphatic heterocycles. The Labute approximate surface area is 134 Å². The summed E-state index contributed by atoms with van der Waals surface area (Å²) in [6.07, 6.45) is 0. The monoisotopic (exact) mass is 303 g/mol. The number of rotatable bonds is 6. The van der Waals surface area contributed by atoms with Gasteiger partial charge in [0.1, 0.15) is 0 Å². The van der Waals surface area contributed by atoms with Crippen molar-refractivity contribution in [3.8, 4) is 0 Å². The van der Waals surface area contributed by atoms with E-state index in [9.17, 15) is 4.79 Å². The van der Waals surface area contributed by atoms with Crippen LogP contribution in [0.5, 0.6) is 0 Å². The molecule has 0 radical (unpaired) electrons. The van der Waals surface area contributed by atoms with E-state index in [0.717, 1.165) is 39.3 Å². The summed E-state index contributed by atoms with van der Waals surface area (Å²) in [5.74, 6) is 0.707. The first-order valence-electron chi connectivity index (χ1n) is 8.34. The van der Waals surface area contributed by atoms with Gasteiger partial charge >= 0.3 is 0 Å². The van der Waals surface area contributed by atoms with Gasteiger partial charge < -0.3 is 10.2 Å². The number of nitrogens with zero attached hydrogens (tertiary/aromatic N) is 2. The van der Waals surface area contributed by atoms with Crippen molar-refractivity contribution in [1.29, 1.82) is 0 Å². The number of carbonyl (C=O) groups excluding carboxylic acids is 1. The zero-order valence-electron chi connectivity index (χ0n) is 14.1. The van der Waals surface area contributed by atoms with Gasteiger partial charge in [0, 0.05) is 52.2 Å². The molecule has 1 saturated heterocycles. The van der Waals surface area contributed by atoms with Crippen LogP contribution in [0.2, 0.25) is 0 Å². The van der Waals surface area contributed by atoms with Gasteiger partial charge in [-0.1, -0.05) is 37.3 Å². The lowest BCUT2D eigenvalue weighted by Crippen LogP contribution is -2.50. The standard InChI is InChI=1S/C18H29N3O/c1-15(18-7-5-4-6-8-18)16(2)19-9-10-20-11-13-21(14-12-20)17(3)22/h4-8,15-16,19H,9-14H2,1-3H3. The fraction of sp³-hybridized carbons (Fsp3) is 0.611. The average molecular weight is 303 g/mol. The van der Waals surface area contributed by atoms with Crippen molar-refractivity contribution in [1.82, 2.24) is 15.1 Å². The summed E-state index contributed by atoms with van der Waals surface area (Å²) >= 11 is 0.